The second kappa shape index (κ2) is 11.1. The second-order valence-corrected chi connectivity index (χ2v) is 11.5. The third-order valence-electron chi connectivity index (χ3n) is 7.15. The number of hydrogen-bond acceptors (Lipinski definition) is 6. The Morgan fingerprint density at radius 3 is 2.73 bits per heavy atom. The normalized spacial score (nSPS) is 17.1. The molecule has 0 aliphatic carbocycles. The number of rotatable bonds is 2. The van der Waals surface area contributed by atoms with E-state index in [4.69, 9.17) is 14.2 Å². The Morgan fingerprint density at radius 1 is 1.12 bits per heavy atom. The highest BCUT2D eigenvalue weighted by Crippen LogP contribution is 2.44. The summed E-state index contributed by atoms with van der Waals surface area (Å²) < 4.78 is 18.0. The largest absolute Gasteiger partial charge is 0.507 e. The highest BCUT2D eigenvalue weighted by Gasteiger charge is 2.35. The van der Waals surface area contributed by atoms with Crippen molar-refractivity contribution in [3.8, 4) is 28.7 Å². The van der Waals surface area contributed by atoms with Crippen molar-refractivity contribution in [2.24, 2.45) is 5.41 Å². The number of hydrogen-bond donors (Lipinski definition) is 2. The summed E-state index contributed by atoms with van der Waals surface area (Å²) >= 11 is 0. The average molecular weight is 545 g/mol. The molecule has 0 saturated heterocycles. The van der Waals surface area contributed by atoms with Crippen molar-refractivity contribution in [3.63, 3.8) is 0 Å². The van der Waals surface area contributed by atoms with Gasteiger partial charge in [-0.1, -0.05) is 32.9 Å². The molecule has 3 aliphatic heterocycles. The van der Waals surface area contributed by atoms with E-state index in [1.54, 1.807) is 13.2 Å². The Morgan fingerprint density at radius 2 is 1.95 bits per heavy atom. The molecule has 3 aromatic carbocycles. The Balaban J connectivity index is 1.64. The van der Waals surface area contributed by atoms with Crippen LogP contribution >= 0.6 is 0 Å². The molecule has 0 radical (unpaired) electrons. The molecule has 6 rings (SSSR count). The Kier molecular flexibility index (Phi) is 7.61. The van der Waals surface area contributed by atoms with E-state index in [2.05, 4.69) is 26.1 Å². The predicted octanol–water partition coefficient (Wildman–Crippen LogP) is 5.62. The molecule has 3 aromatic rings. The first kappa shape index (κ1) is 27.4. The molecule has 0 fully saturated rings. The minimum Gasteiger partial charge on any atom is -0.507 e. The molecule has 0 saturated carbocycles. The van der Waals surface area contributed by atoms with E-state index in [0.29, 0.717) is 62.0 Å². The van der Waals surface area contributed by atoms with Crippen LogP contribution in [0.5, 0.6) is 28.7 Å². The van der Waals surface area contributed by atoms with Crippen molar-refractivity contribution in [2.45, 2.75) is 46.1 Å². The van der Waals surface area contributed by atoms with E-state index in [-0.39, 0.29) is 28.7 Å². The van der Waals surface area contributed by atoms with Gasteiger partial charge < -0.3 is 29.5 Å². The van der Waals surface area contributed by atoms with Crippen LogP contribution in [0.4, 0.5) is 0 Å². The predicted molar refractivity (Wildman–Crippen MR) is 151 cm³/mol. The van der Waals surface area contributed by atoms with Crippen molar-refractivity contribution >= 4 is 11.8 Å². The van der Waals surface area contributed by atoms with E-state index in [0.717, 1.165) is 16.7 Å². The molecule has 3 aliphatic rings. The summed E-state index contributed by atoms with van der Waals surface area (Å²) in [6, 6.07) is 16.0. The van der Waals surface area contributed by atoms with E-state index >= 15 is 0 Å². The lowest BCUT2D eigenvalue weighted by Gasteiger charge is -2.39. The first-order chi connectivity index (χ1) is 19.1. The highest BCUT2D eigenvalue weighted by molar-refractivity contribution is 5.97. The maximum Gasteiger partial charge on any atom is 0.255 e. The van der Waals surface area contributed by atoms with E-state index < -0.39 is 5.91 Å². The van der Waals surface area contributed by atoms with Crippen LogP contribution < -0.4 is 19.5 Å². The van der Waals surface area contributed by atoms with Crippen LogP contribution in [0.15, 0.2) is 54.6 Å². The number of amides is 2. The Hall–Kier alpha value is -4.20. The number of benzene rings is 3. The molecular weight excluding hydrogens is 508 g/mol. The molecular formula is C32H36N2O6. The zero-order valence-corrected chi connectivity index (χ0v) is 23.5. The van der Waals surface area contributed by atoms with Gasteiger partial charge in [0.15, 0.2) is 11.5 Å². The SMILES string of the molecule is COc1cc2c3cc1Oc1ccc(O)c(c1)C(=O)NCCCOc1cccc(c1)C2N(C(=O)CC(C)(C)C)CC3. The fourth-order valence-electron chi connectivity index (χ4n) is 5.27. The van der Waals surface area contributed by atoms with Crippen LogP contribution in [0.3, 0.4) is 0 Å². The zero-order valence-electron chi connectivity index (χ0n) is 23.5. The number of nitrogens with one attached hydrogen (secondary N) is 1. The molecule has 3 heterocycles. The molecule has 1 unspecified atom stereocenters. The summed E-state index contributed by atoms with van der Waals surface area (Å²) in [5.41, 5.74) is 2.95. The molecule has 0 aromatic heterocycles. The molecule has 0 spiro atoms. The van der Waals surface area contributed by atoms with Gasteiger partial charge in [0, 0.05) is 19.5 Å². The van der Waals surface area contributed by atoms with Gasteiger partial charge in [-0.3, -0.25) is 9.59 Å². The molecule has 8 heteroatoms. The standard InChI is InChI=1S/C32H36N2O6/c1-32(2,3)19-29(36)34-13-11-20-16-28-27(38-4)18-24(20)30(34)21-7-5-8-22(15-21)39-14-6-12-33-31(37)25-17-23(40-28)9-10-26(25)35/h5,7-10,15-18,30,35H,6,11-14,19H2,1-4H3,(H,33,37). The van der Waals surface area contributed by atoms with Gasteiger partial charge in [0.05, 0.1) is 25.3 Å². The van der Waals surface area contributed by atoms with E-state index in [9.17, 15) is 14.7 Å². The maximum atomic E-state index is 13.6. The van der Waals surface area contributed by atoms with E-state index in [1.165, 1.54) is 12.1 Å². The van der Waals surface area contributed by atoms with Crippen LogP contribution in [0.1, 0.15) is 66.7 Å². The molecule has 8 nitrogen and oxygen atoms in total. The quantitative estimate of drug-likeness (QED) is 0.435. The number of phenolic OH excluding ortho intramolecular Hbond substituents is 1. The smallest absolute Gasteiger partial charge is 0.255 e. The van der Waals surface area contributed by atoms with Crippen LogP contribution in [-0.2, 0) is 11.2 Å². The van der Waals surface area contributed by atoms with Crippen LogP contribution in [0, 0.1) is 5.41 Å². The molecule has 1 atom stereocenters. The lowest BCUT2D eigenvalue weighted by atomic mass is 9.85. The number of nitrogens with zero attached hydrogens (tertiary/aromatic N) is 1. The number of carbonyl (C=O) groups is 2. The van der Waals surface area contributed by atoms with Gasteiger partial charge in [-0.2, -0.15) is 0 Å². The van der Waals surface area contributed by atoms with Crippen molar-refractivity contribution < 1.29 is 28.9 Å². The number of fused-ring (bicyclic) bond motifs is 6. The number of carbonyl (C=O) groups excluding carboxylic acids is 2. The summed E-state index contributed by atoms with van der Waals surface area (Å²) in [7, 11) is 1.57. The van der Waals surface area contributed by atoms with Gasteiger partial charge in [-0.05, 0) is 77.4 Å². The summed E-state index contributed by atoms with van der Waals surface area (Å²) in [6.07, 6.45) is 1.67. The van der Waals surface area contributed by atoms with Crippen LogP contribution in [0.2, 0.25) is 0 Å². The zero-order chi connectivity index (χ0) is 28.4. The molecule has 8 bridgehead atoms. The molecule has 40 heavy (non-hydrogen) atoms. The maximum absolute atomic E-state index is 13.6. The molecule has 210 valence electrons. The van der Waals surface area contributed by atoms with Gasteiger partial charge in [0.2, 0.25) is 5.91 Å². The van der Waals surface area contributed by atoms with Crippen LogP contribution in [-0.4, -0.2) is 48.6 Å². The molecule has 2 amide bonds. The second-order valence-electron chi connectivity index (χ2n) is 11.5. The van der Waals surface area contributed by atoms with Crippen LogP contribution in [0.25, 0.3) is 0 Å². The summed E-state index contributed by atoms with van der Waals surface area (Å²) in [4.78, 5) is 28.4. The van der Waals surface area contributed by atoms with E-state index in [1.807, 2.05) is 41.3 Å². The third-order valence-corrected chi connectivity index (χ3v) is 7.15. The lowest BCUT2D eigenvalue weighted by Crippen LogP contribution is -2.42. The number of phenols is 1. The number of ether oxygens (including phenoxy) is 3. The fourth-order valence-corrected chi connectivity index (χ4v) is 5.27. The van der Waals surface area contributed by atoms with Crippen molar-refractivity contribution in [2.75, 3.05) is 26.8 Å². The first-order valence-electron chi connectivity index (χ1n) is 13.6. The first-order valence-corrected chi connectivity index (χ1v) is 13.6. The van der Waals surface area contributed by atoms with Crippen molar-refractivity contribution in [3.05, 3.63) is 76.9 Å². The van der Waals surface area contributed by atoms with Gasteiger partial charge in [0.1, 0.15) is 17.2 Å². The van der Waals surface area contributed by atoms with Crippen molar-refractivity contribution in [1.29, 1.82) is 0 Å². The lowest BCUT2D eigenvalue weighted by molar-refractivity contribution is -0.135. The van der Waals surface area contributed by atoms with Gasteiger partial charge in [0.25, 0.3) is 5.91 Å². The fraction of sp³-hybridized carbons (Fsp3) is 0.375. The number of methoxy groups -OCH3 is 1. The summed E-state index contributed by atoms with van der Waals surface area (Å²) in [5, 5.41) is 13.2. The minimum absolute atomic E-state index is 0.100. The summed E-state index contributed by atoms with van der Waals surface area (Å²) in [5.74, 6) is 1.65. The van der Waals surface area contributed by atoms with Gasteiger partial charge in [-0.25, -0.2) is 0 Å². The third kappa shape index (κ3) is 5.86. The average Bonchev–Trinajstić information content (AvgIpc) is 2.91. The highest BCUT2D eigenvalue weighted by atomic mass is 16.5. The Labute approximate surface area is 234 Å². The molecule has 2 N–H and O–H groups in total. The summed E-state index contributed by atoms with van der Waals surface area (Å²) in [6.45, 7) is 7.55. The van der Waals surface area contributed by atoms with Crippen molar-refractivity contribution in [1.82, 2.24) is 10.2 Å². The monoisotopic (exact) mass is 544 g/mol. The van der Waals surface area contributed by atoms with Gasteiger partial charge >= 0.3 is 0 Å². The topological polar surface area (TPSA) is 97.3 Å². The number of aromatic hydroxyl groups is 1. The van der Waals surface area contributed by atoms with Gasteiger partial charge in [-0.15, -0.1) is 0 Å². The Bertz CT molecular complexity index is 1430. The minimum atomic E-state index is -0.397.